The molecule has 1 rings (SSSR count). The highest BCUT2D eigenvalue weighted by Crippen LogP contribution is 2.33. The fourth-order valence-electron chi connectivity index (χ4n) is 1.18. The average molecular weight is 249 g/mol. The summed E-state index contributed by atoms with van der Waals surface area (Å²) in [5, 5.41) is 27.7. The van der Waals surface area contributed by atoms with Crippen LogP contribution in [0.3, 0.4) is 0 Å². The Kier molecular flexibility index (Phi) is 3.38. The van der Waals surface area contributed by atoms with Gasteiger partial charge in [-0.1, -0.05) is 0 Å². The first-order valence-corrected chi connectivity index (χ1v) is 5.63. The highest BCUT2D eigenvalue weighted by atomic mass is 32.2. The van der Waals surface area contributed by atoms with E-state index in [4.69, 9.17) is 20.5 Å². The molecule has 0 saturated heterocycles. The van der Waals surface area contributed by atoms with E-state index in [1.165, 1.54) is 0 Å². The molecule has 16 heavy (non-hydrogen) atoms. The molecule has 0 saturated carbocycles. The summed E-state index contributed by atoms with van der Waals surface area (Å²) in [6, 6.07) is 1.47. The Labute approximate surface area is 91.5 Å². The van der Waals surface area contributed by atoms with Gasteiger partial charge < -0.3 is 21.1 Å². The van der Waals surface area contributed by atoms with Crippen LogP contribution in [0.1, 0.15) is 11.7 Å². The molecule has 1 atom stereocenters. The number of hydrogen-bond donors (Lipinski definition) is 5. The topological polar surface area (TPSA) is 141 Å². The van der Waals surface area contributed by atoms with E-state index < -0.39 is 32.6 Å². The first-order chi connectivity index (χ1) is 7.27. The number of hydrogen-bond acceptors (Lipinski definition) is 6. The average Bonchev–Trinajstić information content (AvgIpc) is 2.18. The molecule has 0 spiro atoms. The summed E-state index contributed by atoms with van der Waals surface area (Å²) < 4.78 is 30.8. The smallest absolute Gasteiger partial charge is 0.295 e. The van der Waals surface area contributed by atoms with Gasteiger partial charge in [0.25, 0.3) is 10.1 Å². The summed E-state index contributed by atoms with van der Waals surface area (Å²) in [4.78, 5) is -0.694. The van der Waals surface area contributed by atoms with Crippen molar-refractivity contribution in [2.75, 3.05) is 6.54 Å². The molecular weight excluding hydrogens is 238 g/mol. The normalized spacial score (nSPS) is 13.7. The quantitative estimate of drug-likeness (QED) is 0.353. The summed E-state index contributed by atoms with van der Waals surface area (Å²) in [5.74, 6) is -1.34. The van der Waals surface area contributed by atoms with E-state index in [1.807, 2.05) is 0 Å². The molecule has 0 bridgehead atoms. The molecule has 90 valence electrons. The summed E-state index contributed by atoms with van der Waals surface area (Å²) in [7, 11) is -4.61. The van der Waals surface area contributed by atoms with Crippen molar-refractivity contribution < 1.29 is 28.3 Å². The van der Waals surface area contributed by atoms with E-state index in [0.29, 0.717) is 6.07 Å². The second kappa shape index (κ2) is 4.26. The van der Waals surface area contributed by atoms with Crippen molar-refractivity contribution in [2.45, 2.75) is 11.0 Å². The van der Waals surface area contributed by atoms with Crippen molar-refractivity contribution in [1.29, 1.82) is 0 Å². The van der Waals surface area contributed by atoms with Crippen molar-refractivity contribution >= 4 is 10.1 Å². The van der Waals surface area contributed by atoms with Gasteiger partial charge >= 0.3 is 0 Å². The molecule has 1 aromatic carbocycles. The first kappa shape index (κ1) is 12.7. The molecule has 7 nitrogen and oxygen atoms in total. The largest absolute Gasteiger partial charge is 0.504 e. The second-order valence-corrected chi connectivity index (χ2v) is 4.50. The van der Waals surface area contributed by atoms with Crippen molar-refractivity contribution in [3.63, 3.8) is 0 Å². The Morgan fingerprint density at radius 2 is 1.75 bits per heavy atom. The van der Waals surface area contributed by atoms with Crippen LogP contribution in [0.2, 0.25) is 0 Å². The molecule has 8 heteroatoms. The van der Waals surface area contributed by atoms with Crippen LogP contribution in [0, 0.1) is 0 Å². The predicted molar refractivity (Wildman–Crippen MR) is 53.6 cm³/mol. The van der Waals surface area contributed by atoms with Gasteiger partial charge in [0.15, 0.2) is 11.5 Å². The minimum Gasteiger partial charge on any atom is -0.504 e. The number of aliphatic hydroxyl groups is 1. The van der Waals surface area contributed by atoms with E-state index in [0.717, 1.165) is 6.07 Å². The molecule has 0 aromatic heterocycles. The van der Waals surface area contributed by atoms with Crippen LogP contribution in [-0.2, 0) is 10.1 Å². The first-order valence-electron chi connectivity index (χ1n) is 4.19. The lowest BCUT2D eigenvalue weighted by Crippen LogP contribution is -2.15. The third-order valence-corrected chi connectivity index (χ3v) is 2.88. The Hall–Kier alpha value is -1.35. The Bertz CT molecular complexity index is 497. The lowest BCUT2D eigenvalue weighted by atomic mass is 10.1. The summed E-state index contributed by atoms with van der Waals surface area (Å²) in [5.41, 5.74) is 4.86. The highest BCUT2D eigenvalue weighted by molar-refractivity contribution is 7.85. The Morgan fingerprint density at radius 3 is 2.19 bits per heavy atom. The number of nitrogens with two attached hydrogens (primary N) is 1. The number of rotatable bonds is 3. The number of aromatic hydroxyl groups is 2. The maximum absolute atomic E-state index is 10.9. The van der Waals surface area contributed by atoms with Gasteiger partial charge in [-0.15, -0.1) is 0 Å². The van der Waals surface area contributed by atoms with Gasteiger partial charge in [0.2, 0.25) is 0 Å². The number of phenols is 2. The Morgan fingerprint density at radius 1 is 1.25 bits per heavy atom. The third kappa shape index (κ3) is 2.42. The molecule has 0 aliphatic heterocycles. The monoisotopic (exact) mass is 249 g/mol. The van der Waals surface area contributed by atoms with Gasteiger partial charge in [-0.3, -0.25) is 4.55 Å². The van der Waals surface area contributed by atoms with Gasteiger partial charge in [-0.05, 0) is 6.07 Å². The number of benzene rings is 1. The SMILES string of the molecule is NCC(O)c1cc(O)c(O)cc1S(=O)(=O)O. The third-order valence-electron chi connectivity index (χ3n) is 1.97. The van der Waals surface area contributed by atoms with Crippen LogP contribution in [0.4, 0.5) is 0 Å². The number of aliphatic hydroxyl groups excluding tert-OH is 1. The van der Waals surface area contributed by atoms with Crippen LogP contribution in [0.15, 0.2) is 17.0 Å². The minimum atomic E-state index is -4.61. The molecule has 0 amide bonds. The molecule has 0 aliphatic rings. The van der Waals surface area contributed by atoms with Crippen molar-refractivity contribution in [3.05, 3.63) is 17.7 Å². The van der Waals surface area contributed by atoms with E-state index in [2.05, 4.69) is 0 Å². The van der Waals surface area contributed by atoms with Gasteiger partial charge in [-0.2, -0.15) is 8.42 Å². The van der Waals surface area contributed by atoms with E-state index in [-0.39, 0.29) is 12.1 Å². The van der Waals surface area contributed by atoms with Gasteiger partial charge in [-0.25, -0.2) is 0 Å². The highest BCUT2D eigenvalue weighted by Gasteiger charge is 2.22. The zero-order valence-electron chi connectivity index (χ0n) is 8.03. The Balaban J connectivity index is 3.52. The maximum Gasteiger partial charge on any atom is 0.295 e. The fraction of sp³-hybridized carbons (Fsp3) is 0.250. The van der Waals surface area contributed by atoms with E-state index in [1.54, 1.807) is 0 Å². The maximum atomic E-state index is 10.9. The second-order valence-electron chi connectivity index (χ2n) is 3.11. The van der Waals surface area contributed by atoms with Crippen molar-refractivity contribution in [1.82, 2.24) is 0 Å². The molecule has 6 N–H and O–H groups in total. The summed E-state index contributed by atoms with van der Waals surface area (Å²) >= 11 is 0. The molecule has 1 unspecified atom stereocenters. The van der Waals surface area contributed by atoms with Crippen LogP contribution in [0.5, 0.6) is 11.5 Å². The van der Waals surface area contributed by atoms with Gasteiger partial charge in [0, 0.05) is 18.2 Å². The lowest BCUT2D eigenvalue weighted by Gasteiger charge is -2.13. The standard InChI is InChI=1S/C8H11NO6S/c9-3-7(12)4-1-5(10)6(11)2-8(4)16(13,14)15/h1-2,7,10-12H,3,9H2,(H,13,14,15). The molecule has 0 heterocycles. The van der Waals surface area contributed by atoms with Crippen LogP contribution in [-0.4, -0.2) is 34.8 Å². The van der Waals surface area contributed by atoms with Gasteiger partial charge in [0.05, 0.1) is 6.10 Å². The van der Waals surface area contributed by atoms with Crippen molar-refractivity contribution in [3.8, 4) is 11.5 Å². The molecule has 1 aromatic rings. The fourth-order valence-corrected chi connectivity index (χ4v) is 1.94. The number of phenolic OH excluding ortho intramolecular Hbond substituents is 2. The summed E-state index contributed by atoms with van der Waals surface area (Å²) in [6.07, 6.45) is -1.37. The predicted octanol–water partition coefficient (Wildman–Crippen LogP) is -0.663. The zero-order chi connectivity index (χ0) is 12.5. The minimum absolute atomic E-state index is 0.277. The van der Waals surface area contributed by atoms with E-state index in [9.17, 15) is 13.5 Å². The van der Waals surface area contributed by atoms with Crippen LogP contribution in [0.25, 0.3) is 0 Å². The van der Waals surface area contributed by atoms with Crippen LogP contribution < -0.4 is 5.73 Å². The van der Waals surface area contributed by atoms with E-state index >= 15 is 0 Å². The zero-order valence-corrected chi connectivity index (χ0v) is 8.85. The molecular formula is C8H11NO6S. The molecule has 0 aliphatic carbocycles. The lowest BCUT2D eigenvalue weighted by molar-refractivity contribution is 0.182. The molecule has 0 radical (unpaired) electrons. The van der Waals surface area contributed by atoms with Crippen molar-refractivity contribution in [2.24, 2.45) is 5.73 Å². The van der Waals surface area contributed by atoms with Crippen LogP contribution >= 0.6 is 0 Å². The van der Waals surface area contributed by atoms with Gasteiger partial charge in [0.1, 0.15) is 4.90 Å². The summed E-state index contributed by atoms with van der Waals surface area (Å²) in [6.45, 7) is -0.299. The molecule has 0 fully saturated rings.